The first kappa shape index (κ1) is 17.2. The Kier molecular flexibility index (Phi) is 4.80. The summed E-state index contributed by atoms with van der Waals surface area (Å²) in [4.78, 5) is 42.9. The molecule has 0 aromatic heterocycles. The molecule has 0 N–H and O–H groups in total. The Hall–Kier alpha value is -1.63. The lowest BCUT2D eigenvalue weighted by atomic mass is 9.90. The molecule has 0 aromatic rings. The van der Waals surface area contributed by atoms with Gasteiger partial charge in [-0.25, -0.2) is 4.79 Å². The molecule has 3 aliphatic heterocycles. The summed E-state index contributed by atoms with van der Waals surface area (Å²) in [7, 11) is 1.51. The molecule has 134 valence electrons. The Balaban J connectivity index is 1.69. The highest BCUT2D eigenvalue weighted by atomic mass is 16.5. The molecule has 3 rings (SSSR count). The fourth-order valence-corrected chi connectivity index (χ4v) is 4.51. The number of carbonyl (C=O) groups is 3. The van der Waals surface area contributed by atoms with Gasteiger partial charge in [-0.3, -0.25) is 14.5 Å². The van der Waals surface area contributed by atoms with Crippen molar-refractivity contribution in [3.63, 3.8) is 0 Å². The number of piperidine rings is 1. The number of ether oxygens (including phenoxy) is 1. The Bertz CT molecular complexity index is 530. The Morgan fingerprint density at radius 2 is 1.96 bits per heavy atom. The van der Waals surface area contributed by atoms with Gasteiger partial charge in [-0.2, -0.15) is 0 Å². The number of hydrogen-bond acceptors (Lipinski definition) is 4. The van der Waals surface area contributed by atoms with Crippen molar-refractivity contribution < 1.29 is 19.1 Å². The Morgan fingerprint density at radius 3 is 2.58 bits per heavy atom. The zero-order valence-electron chi connectivity index (χ0n) is 14.6. The van der Waals surface area contributed by atoms with Crippen LogP contribution in [-0.4, -0.2) is 77.5 Å². The van der Waals surface area contributed by atoms with E-state index in [9.17, 15) is 14.4 Å². The van der Waals surface area contributed by atoms with E-state index in [2.05, 4.69) is 6.92 Å². The molecule has 0 aliphatic carbocycles. The second-order valence-electron chi connectivity index (χ2n) is 7.04. The van der Waals surface area contributed by atoms with Gasteiger partial charge >= 0.3 is 6.03 Å². The number of imide groups is 1. The number of fused-ring (bicyclic) bond motifs is 1. The summed E-state index contributed by atoms with van der Waals surface area (Å²) < 4.78 is 4.89. The molecule has 4 amide bonds. The number of carbonyl (C=O) groups excluding carboxylic acids is 3. The highest BCUT2D eigenvalue weighted by Gasteiger charge is 2.60. The van der Waals surface area contributed by atoms with E-state index in [1.54, 1.807) is 9.80 Å². The van der Waals surface area contributed by atoms with Crippen LogP contribution in [0.4, 0.5) is 4.79 Å². The predicted octanol–water partition coefficient (Wildman–Crippen LogP) is 1.22. The van der Waals surface area contributed by atoms with E-state index >= 15 is 0 Å². The Labute approximate surface area is 142 Å². The summed E-state index contributed by atoms with van der Waals surface area (Å²) in [6, 6.07) is -0.205. The first-order valence-corrected chi connectivity index (χ1v) is 8.97. The quantitative estimate of drug-likeness (QED) is 0.707. The third kappa shape index (κ3) is 2.59. The number of rotatable bonds is 5. The molecule has 0 aromatic carbocycles. The minimum Gasteiger partial charge on any atom is -0.375 e. The third-order valence-electron chi connectivity index (χ3n) is 5.66. The van der Waals surface area contributed by atoms with E-state index in [1.165, 1.54) is 12.0 Å². The van der Waals surface area contributed by atoms with E-state index in [0.717, 1.165) is 25.7 Å². The van der Waals surface area contributed by atoms with Gasteiger partial charge in [0, 0.05) is 32.8 Å². The van der Waals surface area contributed by atoms with Crippen LogP contribution >= 0.6 is 0 Å². The van der Waals surface area contributed by atoms with Crippen LogP contribution in [0.15, 0.2) is 0 Å². The van der Waals surface area contributed by atoms with E-state index in [1.807, 2.05) is 0 Å². The van der Waals surface area contributed by atoms with Crippen molar-refractivity contribution in [2.75, 3.05) is 33.4 Å². The van der Waals surface area contributed by atoms with Gasteiger partial charge < -0.3 is 14.5 Å². The molecule has 7 nitrogen and oxygen atoms in total. The lowest BCUT2D eigenvalue weighted by Crippen LogP contribution is -2.51. The van der Waals surface area contributed by atoms with Gasteiger partial charge in [-0.1, -0.05) is 13.3 Å². The van der Waals surface area contributed by atoms with E-state index in [4.69, 9.17) is 4.74 Å². The zero-order valence-corrected chi connectivity index (χ0v) is 14.6. The van der Waals surface area contributed by atoms with Crippen molar-refractivity contribution in [3.8, 4) is 0 Å². The molecule has 0 spiro atoms. The number of hydrogen-bond donors (Lipinski definition) is 0. The van der Waals surface area contributed by atoms with Crippen molar-refractivity contribution in [1.29, 1.82) is 0 Å². The van der Waals surface area contributed by atoms with Crippen LogP contribution < -0.4 is 0 Å². The summed E-state index contributed by atoms with van der Waals surface area (Å²) >= 11 is 0. The largest absolute Gasteiger partial charge is 0.375 e. The minimum absolute atomic E-state index is 0.00600. The molecule has 3 heterocycles. The summed E-state index contributed by atoms with van der Waals surface area (Å²) in [6.07, 6.45) is 4.65. The summed E-state index contributed by atoms with van der Waals surface area (Å²) in [5, 5.41) is 0. The molecule has 0 bridgehead atoms. The molecule has 7 heteroatoms. The van der Waals surface area contributed by atoms with Gasteiger partial charge in [0.05, 0.1) is 0 Å². The van der Waals surface area contributed by atoms with Crippen molar-refractivity contribution in [1.82, 2.24) is 14.7 Å². The molecule has 0 radical (unpaired) electrons. The van der Waals surface area contributed by atoms with Crippen molar-refractivity contribution >= 4 is 17.8 Å². The lowest BCUT2D eigenvalue weighted by molar-refractivity contribution is -0.138. The molecule has 3 fully saturated rings. The number of amides is 4. The number of methoxy groups -OCH3 is 1. The average Bonchev–Trinajstić information content (AvgIpc) is 3.08. The molecule has 3 aliphatic rings. The summed E-state index contributed by atoms with van der Waals surface area (Å²) in [5.41, 5.74) is -0.588. The second kappa shape index (κ2) is 6.70. The maximum atomic E-state index is 13.1. The lowest BCUT2D eigenvalue weighted by Gasteiger charge is -2.35. The van der Waals surface area contributed by atoms with Gasteiger partial charge in [0.15, 0.2) is 0 Å². The van der Waals surface area contributed by atoms with E-state index in [-0.39, 0.29) is 30.5 Å². The standard InChI is InChI=1S/C17H27N3O4/c1-3-7-17-8-4-9-19(17)16(23)20(15(17)22)13-5-10-18(11-6-13)14(21)12-24-2/h13H,3-12H2,1-2H3/t17-/m1/s1. The molecule has 1 atom stereocenters. The van der Waals surface area contributed by atoms with Crippen LogP contribution in [0.1, 0.15) is 45.4 Å². The maximum Gasteiger partial charge on any atom is 0.327 e. The minimum atomic E-state index is -0.588. The molecular weight excluding hydrogens is 310 g/mol. The fourth-order valence-electron chi connectivity index (χ4n) is 4.51. The highest BCUT2D eigenvalue weighted by Crippen LogP contribution is 2.42. The topological polar surface area (TPSA) is 70.2 Å². The van der Waals surface area contributed by atoms with Gasteiger partial charge in [0.2, 0.25) is 5.91 Å². The van der Waals surface area contributed by atoms with Crippen molar-refractivity contribution in [3.05, 3.63) is 0 Å². The van der Waals surface area contributed by atoms with Crippen molar-refractivity contribution in [2.24, 2.45) is 0 Å². The second-order valence-corrected chi connectivity index (χ2v) is 7.04. The average molecular weight is 337 g/mol. The van der Waals surface area contributed by atoms with Crippen LogP contribution in [0.5, 0.6) is 0 Å². The van der Waals surface area contributed by atoms with Gasteiger partial charge in [-0.15, -0.1) is 0 Å². The molecular formula is C17H27N3O4. The van der Waals surface area contributed by atoms with Crippen LogP contribution in [0, 0.1) is 0 Å². The Morgan fingerprint density at radius 1 is 1.25 bits per heavy atom. The first-order valence-electron chi connectivity index (χ1n) is 8.97. The van der Waals surface area contributed by atoms with Crippen LogP contribution in [0.25, 0.3) is 0 Å². The SMILES string of the molecule is CCC[C@]12CCCN1C(=O)N(C1CCN(C(=O)COC)CC1)C2=O. The summed E-state index contributed by atoms with van der Waals surface area (Å²) in [5.74, 6) is -0.0355. The first-order chi connectivity index (χ1) is 11.5. The van der Waals surface area contributed by atoms with Crippen LogP contribution in [0.3, 0.4) is 0 Å². The number of urea groups is 1. The molecule has 0 unspecified atom stereocenters. The van der Waals surface area contributed by atoms with Gasteiger partial charge in [0.25, 0.3) is 5.91 Å². The van der Waals surface area contributed by atoms with Gasteiger partial charge in [0.1, 0.15) is 12.1 Å². The number of nitrogens with zero attached hydrogens (tertiary/aromatic N) is 3. The zero-order chi connectivity index (χ0) is 17.3. The van der Waals surface area contributed by atoms with Crippen LogP contribution in [-0.2, 0) is 14.3 Å². The van der Waals surface area contributed by atoms with Crippen molar-refractivity contribution in [2.45, 2.75) is 57.0 Å². The van der Waals surface area contributed by atoms with E-state index < -0.39 is 5.54 Å². The van der Waals surface area contributed by atoms with E-state index in [0.29, 0.717) is 32.5 Å². The normalized spacial score (nSPS) is 28.0. The monoisotopic (exact) mass is 337 g/mol. The smallest absolute Gasteiger partial charge is 0.327 e. The predicted molar refractivity (Wildman–Crippen MR) is 87.3 cm³/mol. The highest BCUT2D eigenvalue weighted by molar-refractivity contribution is 6.07. The molecule has 0 saturated carbocycles. The van der Waals surface area contributed by atoms with Crippen LogP contribution in [0.2, 0.25) is 0 Å². The third-order valence-corrected chi connectivity index (χ3v) is 5.66. The molecule has 3 saturated heterocycles. The summed E-state index contributed by atoms with van der Waals surface area (Å²) in [6.45, 7) is 3.98. The fraction of sp³-hybridized carbons (Fsp3) is 0.824. The molecule has 24 heavy (non-hydrogen) atoms. The maximum absolute atomic E-state index is 13.1. The number of likely N-dealkylation sites (tertiary alicyclic amines) is 1. The van der Waals surface area contributed by atoms with Gasteiger partial charge in [-0.05, 0) is 32.1 Å².